The molecule has 0 amide bonds. The molecular weight excluding hydrogens is 699 g/mol. The second-order valence-corrected chi connectivity index (χ2v) is 17.8. The van der Waals surface area contributed by atoms with Crippen LogP contribution in [0, 0.1) is 0 Å². The van der Waals surface area contributed by atoms with E-state index in [2.05, 4.69) is 176 Å². The molecule has 2 heterocycles. The van der Waals surface area contributed by atoms with Gasteiger partial charge >= 0.3 is 0 Å². The van der Waals surface area contributed by atoms with E-state index in [4.69, 9.17) is 19.4 Å². The fraction of sp³-hybridized carbons (Fsp3) is 0. The molecule has 2 aromatic heterocycles. The van der Waals surface area contributed by atoms with Crippen LogP contribution in [0.5, 0.6) is 0 Å². The van der Waals surface area contributed by atoms with Gasteiger partial charge in [0.1, 0.15) is 11.2 Å². The Hall–Kier alpha value is -7.21. The van der Waals surface area contributed by atoms with Gasteiger partial charge < -0.3 is 4.42 Å². The summed E-state index contributed by atoms with van der Waals surface area (Å²) in [5, 5.41) is 7.29. The van der Waals surface area contributed by atoms with Crippen molar-refractivity contribution in [3.05, 3.63) is 212 Å². The highest BCUT2D eigenvalue weighted by molar-refractivity contribution is 7.19. The lowest BCUT2D eigenvalue weighted by Gasteiger charge is -2.34. The Morgan fingerprint density at radius 1 is 0.304 bits per heavy atom. The van der Waals surface area contributed by atoms with Gasteiger partial charge in [-0.25, -0.2) is 15.0 Å². The molecule has 4 nitrogen and oxygen atoms in total. The van der Waals surface area contributed by atoms with Crippen molar-refractivity contribution in [1.29, 1.82) is 0 Å². The number of aromatic nitrogens is 3. The zero-order valence-electron chi connectivity index (χ0n) is 30.5. The van der Waals surface area contributed by atoms with E-state index >= 15 is 0 Å². The van der Waals surface area contributed by atoms with Crippen molar-refractivity contribution in [2.75, 3.05) is 0 Å². The van der Waals surface area contributed by atoms with Crippen LogP contribution >= 0.6 is 0 Å². The van der Waals surface area contributed by atoms with Gasteiger partial charge in [0.15, 0.2) is 25.5 Å². The van der Waals surface area contributed by atoms with Crippen molar-refractivity contribution in [2.45, 2.75) is 0 Å². The largest absolute Gasteiger partial charge is 0.456 e. The van der Waals surface area contributed by atoms with Crippen LogP contribution in [0.4, 0.5) is 0 Å². The summed E-state index contributed by atoms with van der Waals surface area (Å²) in [7, 11) is -2.70. The van der Waals surface area contributed by atoms with Crippen LogP contribution in [0.2, 0.25) is 0 Å². The molecule has 0 saturated carbocycles. The molecule has 0 fully saturated rings. The van der Waals surface area contributed by atoms with Crippen LogP contribution in [0.3, 0.4) is 0 Å². The first-order valence-corrected chi connectivity index (χ1v) is 20.9. The summed E-state index contributed by atoms with van der Waals surface area (Å²) in [6, 6.07) is 75.0. The maximum absolute atomic E-state index is 6.29. The maximum atomic E-state index is 6.29. The smallest absolute Gasteiger partial charge is 0.179 e. The van der Waals surface area contributed by atoms with Gasteiger partial charge in [0.05, 0.1) is 0 Å². The molecule has 0 aliphatic carbocycles. The molecule has 0 N–H and O–H groups in total. The van der Waals surface area contributed by atoms with Gasteiger partial charge in [-0.3, -0.25) is 0 Å². The summed E-state index contributed by atoms with van der Waals surface area (Å²) >= 11 is 0. The first kappa shape index (κ1) is 33.4. The lowest BCUT2D eigenvalue weighted by atomic mass is 10.0. The molecule has 56 heavy (non-hydrogen) atoms. The topological polar surface area (TPSA) is 51.8 Å². The van der Waals surface area contributed by atoms with E-state index in [0.29, 0.717) is 17.5 Å². The molecule has 10 aromatic rings. The molecule has 0 spiro atoms. The molecule has 0 bridgehead atoms. The minimum atomic E-state index is -2.70. The Kier molecular flexibility index (Phi) is 8.47. The van der Waals surface area contributed by atoms with E-state index in [-0.39, 0.29) is 0 Å². The number of rotatable bonds is 8. The second kappa shape index (κ2) is 14.2. The van der Waals surface area contributed by atoms with E-state index in [1.807, 2.05) is 36.4 Å². The number of fused-ring (bicyclic) bond motifs is 3. The predicted molar refractivity (Wildman–Crippen MR) is 232 cm³/mol. The third-order valence-electron chi connectivity index (χ3n) is 10.7. The third-order valence-corrected chi connectivity index (χ3v) is 15.5. The summed E-state index contributed by atoms with van der Waals surface area (Å²) in [6.07, 6.45) is 0. The van der Waals surface area contributed by atoms with Crippen molar-refractivity contribution in [3.63, 3.8) is 0 Å². The highest BCUT2D eigenvalue weighted by atomic mass is 28.3. The van der Waals surface area contributed by atoms with Crippen LogP contribution in [0.1, 0.15) is 0 Å². The monoisotopic (exact) mass is 733 g/mol. The van der Waals surface area contributed by atoms with Gasteiger partial charge in [-0.05, 0) is 44.0 Å². The Morgan fingerprint density at radius 3 is 1.29 bits per heavy atom. The molecule has 8 aromatic carbocycles. The fourth-order valence-corrected chi connectivity index (χ4v) is 12.8. The predicted octanol–water partition coefficient (Wildman–Crippen LogP) is 9.82. The average molecular weight is 734 g/mol. The molecule has 5 heteroatoms. The summed E-state index contributed by atoms with van der Waals surface area (Å²) in [5.74, 6) is 1.82. The molecule has 0 unspecified atom stereocenters. The molecule has 0 radical (unpaired) electrons. The van der Waals surface area contributed by atoms with Crippen molar-refractivity contribution >= 4 is 50.8 Å². The normalized spacial score (nSPS) is 11.6. The molecule has 0 aliphatic rings. The van der Waals surface area contributed by atoms with E-state index in [0.717, 1.165) is 49.8 Å². The van der Waals surface area contributed by atoms with Gasteiger partial charge in [0, 0.05) is 27.5 Å². The quantitative estimate of drug-likeness (QED) is 0.115. The van der Waals surface area contributed by atoms with E-state index in [9.17, 15) is 0 Å². The van der Waals surface area contributed by atoms with Gasteiger partial charge in [-0.15, -0.1) is 0 Å². The summed E-state index contributed by atoms with van der Waals surface area (Å²) in [5.41, 5.74) is 6.67. The first-order chi connectivity index (χ1) is 27.8. The maximum Gasteiger partial charge on any atom is 0.179 e. The lowest BCUT2D eigenvalue weighted by Crippen LogP contribution is -2.74. The zero-order chi connectivity index (χ0) is 37.3. The van der Waals surface area contributed by atoms with Crippen molar-refractivity contribution in [1.82, 2.24) is 15.0 Å². The molecule has 10 rings (SSSR count). The Morgan fingerprint density at radius 2 is 0.714 bits per heavy atom. The number of hydrogen-bond donors (Lipinski definition) is 0. The van der Waals surface area contributed by atoms with Crippen LogP contribution in [0.25, 0.3) is 67.2 Å². The fourth-order valence-electron chi connectivity index (χ4n) is 8.09. The number of benzene rings is 8. The zero-order valence-corrected chi connectivity index (χ0v) is 31.5. The van der Waals surface area contributed by atoms with Crippen molar-refractivity contribution in [3.8, 4) is 45.3 Å². The SMILES string of the molecule is c1ccc(-c2ccc(-c3nc(-c4ccc([Si](c5ccccc5)(c5ccccc5)c5ccccc5)cc4)nc(-c4cccc5oc6ccccc6c45)n3)cc2)cc1. The Labute approximate surface area is 326 Å². The van der Waals surface area contributed by atoms with Crippen LogP contribution in [0.15, 0.2) is 217 Å². The highest BCUT2D eigenvalue weighted by Gasteiger charge is 2.41. The molecule has 0 atom stereocenters. The van der Waals surface area contributed by atoms with Gasteiger partial charge in [-0.1, -0.05) is 200 Å². The minimum absolute atomic E-state index is 0.597. The summed E-state index contributed by atoms with van der Waals surface area (Å²) in [4.78, 5) is 15.5. The number of furan rings is 1. The van der Waals surface area contributed by atoms with Gasteiger partial charge in [0.25, 0.3) is 0 Å². The van der Waals surface area contributed by atoms with E-state index in [1.165, 1.54) is 20.7 Å². The van der Waals surface area contributed by atoms with Crippen LogP contribution < -0.4 is 20.7 Å². The summed E-state index contributed by atoms with van der Waals surface area (Å²) in [6.45, 7) is 0. The number of para-hydroxylation sites is 1. The van der Waals surface area contributed by atoms with Crippen molar-refractivity contribution < 1.29 is 4.42 Å². The lowest BCUT2D eigenvalue weighted by molar-refractivity contribution is 0.669. The van der Waals surface area contributed by atoms with Gasteiger partial charge in [-0.2, -0.15) is 0 Å². The minimum Gasteiger partial charge on any atom is -0.456 e. The molecular formula is C51H35N3OSi. The van der Waals surface area contributed by atoms with Crippen molar-refractivity contribution in [2.24, 2.45) is 0 Å². The standard InChI is InChI=1S/C51H35N3OSi/c1-5-16-36(17-6-1)37-28-30-38(31-29-37)49-52-50(54-51(53-49)45-25-15-27-47-48(45)44-24-13-14-26-46(44)55-47)39-32-34-43(35-33-39)56(40-18-7-2-8-19-40,41-20-9-3-10-21-41)42-22-11-4-12-23-42/h1-35H. The molecule has 0 aliphatic heterocycles. The number of nitrogens with zero attached hydrogens (tertiary/aromatic N) is 3. The first-order valence-electron chi connectivity index (χ1n) is 18.9. The molecule has 0 saturated heterocycles. The van der Waals surface area contributed by atoms with Gasteiger partial charge in [0.2, 0.25) is 0 Å². The highest BCUT2D eigenvalue weighted by Crippen LogP contribution is 2.36. The average Bonchev–Trinajstić information content (AvgIpc) is 3.67. The Balaban J connectivity index is 1.15. The van der Waals surface area contributed by atoms with Crippen LogP contribution in [-0.2, 0) is 0 Å². The second-order valence-electron chi connectivity index (χ2n) is 14.0. The van der Waals surface area contributed by atoms with E-state index in [1.54, 1.807) is 0 Å². The van der Waals surface area contributed by atoms with E-state index < -0.39 is 8.07 Å². The number of hydrogen-bond acceptors (Lipinski definition) is 4. The molecule has 264 valence electrons. The van der Waals surface area contributed by atoms with Crippen LogP contribution in [-0.4, -0.2) is 23.0 Å². The third kappa shape index (κ3) is 5.82. The summed E-state index contributed by atoms with van der Waals surface area (Å²) < 4.78 is 6.29. The Bertz CT molecular complexity index is 2840.